The van der Waals surface area contributed by atoms with E-state index in [1.54, 1.807) is 18.2 Å². The molecule has 0 saturated carbocycles. The number of nitrogens with zero attached hydrogens (tertiary/aromatic N) is 2. The zero-order chi connectivity index (χ0) is 20.3. The van der Waals surface area contributed by atoms with Crippen LogP contribution in [0.4, 0.5) is 10.1 Å². The number of benzene rings is 1. The van der Waals surface area contributed by atoms with Gasteiger partial charge >= 0.3 is 5.97 Å². The first kappa shape index (κ1) is 19.8. The van der Waals surface area contributed by atoms with Gasteiger partial charge in [0.15, 0.2) is 0 Å². The number of carbonyl (C=O) groups is 3. The molecule has 2 heterocycles. The lowest BCUT2D eigenvalue weighted by Gasteiger charge is -2.36. The second-order valence-corrected chi connectivity index (χ2v) is 6.65. The number of carbonyl (C=O) groups excluding carboxylic acids is 3. The number of halogens is 1. The summed E-state index contributed by atoms with van der Waals surface area (Å²) in [6.07, 6.45) is 0.998. The van der Waals surface area contributed by atoms with Gasteiger partial charge in [0.25, 0.3) is 0 Å². The summed E-state index contributed by atoms with van der Waals surface area (Å²) in [7, 11) is 0. The molecule has 2 amide bonds. The molecule has 9 heteroatoms. The Kier molecular flexibility index (Phi) is 5.93. The number of anilines is 1. The fourth-order valence-corrected chi connectivity index (χ4v) is 3.28. The van der Waals surface area contributed by atoms with Gasteiger partial charge in [-0.25, -0.2) is 9.18 Å². The molecule has 1 aromatic carbocycles. The van der Waals surface area contributed by atoms with Crippen molar-refractivity contribution in [3.05, 3.63) is 35.7 Å². The van der Waals surface area contributed by atoms with Crippen LogP contribution in [0.2, 0.25) is 0 Å². The van der Waals surface area contributed by atoms with Gasteiger partial charge in [-0.3, -0.25) is 9.59 Å². The van der Waals surface area contributed by atoms with Crippen molar-refractivity contribution in [1.82, 2.24) is 10.2 Å². The average Bonchev–Trinajstić information content (AvgIpc) is 3.06. The third-order valence-electron chi connectivity index (χ3n) is 4.75. The molecule has 2 aliphatic rings. The quantitative estimate of drug-likeness (QED) is 0.681. The van der Waals surface area contributed by atoms with E-state index in [-0.39, 0.29) is 23.9 Å². The van der Waals surface area contributed by atoms with Crippen LogP contribution in [0.25, 0.3) is 5.57 Å². The molecule has 8 nitrogen and oxygen atoms in total. The van der Waals surface area contributed by atoms with E-state index in [4.69, 9.17) is 9.84 Å². The van der Waals surface area contributed by atoms with Crippen LogP contribution in [0.3, 0.4) is 0 Å². The molecular formula is C19H22FN3O5. The minimum atomic E-state index is -0.578. The van der Waals surface area contributed by atoms with Crippen molar-refractivity contribution >= 4 is 29.0 Å². The van der Waals surface area contributed by atoms with Crippen molar-refractivity contribution in [3.8, 4) is 0 Å². The summed E-state index contributed by atoms with van der Waals surface area (Å²) < 4.78 is 19.9. The standard InChI is InChI=1S/C19H22FN3O5/c1-12(25)21-10-14-9-15(19(27)28-14)13-2-3-17(16(20)8-13)22-4-6-23(7-5-22)18(26)11-24/h2-3,8-9,14,24H,4-7,10-11H2,1H3,(H,21,25). The average molecular weight is 391 g/mol. The lowest BCUT2D eigenvalue weighted by atomic mass is 10.0. The highest BCUT2D eigenvalue weighted by Crippen LogP contribution is 2.28. The maximum absolute atomic E-state index is 14.7. The van der Waals surface area contributed by atoms with Crippen LogP contribution < -0.4 is 10.2 Å². The summed E-state index contributed by atoms with van der Waals surface area (Å²) in [5, 5.41) is 11.5. The molecule has 1 fully saturated rings. The number of hydrogen-bond acceptors (Lipinski definition) is 6. The lowest BCUT2D eigenvalue weighted by Crippen LogP contribution is -2.49. The predicted octanol–water partition coefficient (Wildman–Crippen LogP) is -0.0885. The van der Waals surface area contributed by atoms with E-state index in [1.165, 1.54) is 17.9 Å². The van der Waals surface area contributed by atoms with Crippen molar-refractivity contribution in [3.63, 3.8) is 0 Å². The van der Waals surface area contributed by atoms with Crippen molar-refractivity contribution in [1.29, 1.82) is 0 Å². The molecule has 150 valence electrons. The van der Waals surface area contributed by atoms with E-state index in [9.17, 15) is 18.8 Å². The predicted molar refractivity (Wildman–Crippen MR) is 98.8 cm³/mol. The Hall–Kier alpha value is -2.94. The van der Waals surface area contributed by atoms with Gasteiger partial charge in [-0.1, -0.05) is 6.07 Å². The Morgan fingerprint density at radius 1 is 1.29 bits per heavy atom. The van der Waals surface area contributed by atoms with Crippen LogP contribution in [0.15, 0.2) is 24.3 Å². The molecule has 1 aromatic rings. The maximum atomic E-state index is 14.7. The van der Waals surface area contributed by atoms with Crippen LogP contribution in [0.1, 0.15) is 12.5 Å². The first-order valence-electron chi connectivity index (χ1n) is 8.99. The number of aliphatic hydroxyl groups is 1. The Morgan fingerprint density at radius 2 is 2.00 bits per heavy atom. The molecule has 3 rings (SSSR count). The Balaban J connectivity index is 1.69. The van der Waals surface area contributed by atoms with Crippen LogP contribution >= 0.6 is 0 Å². The van der Waals surface area contributed by atoms with Crippen LogP contribution in [-0.4, -0.2) is 73.2 Å². The van der Waals surface area contributed by atoms with Gasteiger partial charge in [0, 0.05) is 33.1 Å². The van der Waals surface area contributed by atoms with Crippen molar-refractivity contribution in [2.24, 2.45) is 0 Å². The minimum Gasteiger partial charge on any atom is -0.453 e. The van der Waals surface area contributed by atoms with E-state index in [0.29, 0.717) is 37.4 Å². The molecule has 2 aliphatic heterocycles. The summed E-state index contributed by atoms with van der Waals surface area (Å²) in [6, 6.07) is 4.54. The zero-order valence-electron chi connectivity index (χ0n) is 15.5. The third-order valence-corrected chi connectivity index (χ3v) is 4.75. The molecule has 0 spiro atoms. The van der Waals surface area contributed by atoms with Gasteiger partial charge in [0.1, 0.15) is 18.5 Å². The van der Waals surface area contributed by atoms with Gasteiger partial charge in [-0.15, -0.1) is 0 Å². The molecule has 0 bridgehead atoms. The normalized spacial score (nSPS) is 19.3. The third kappa shape index (κ3) is 4.30. The molecule has 0 aliphatic carbocycles. The number of nitrogens with one attached hydrogen (secondary N) is 1. The van der Waals surface area contributed by atoms with Gasteiger partial charge in [0.2, 0.25) is 11.8 Å². The summed E-state index contributed by atoms with van der Waals surface area (Å²) in [5.74, 6) is -1.60. The molecule has 1 saturated heterocycles. The molecule has 0 aromatic heterocycles. The molecule has 1 unspecified atom stereocenters. The second-order valence-electron chi connectivity index (χ2n) is 6.65. The summed E-state index contributed by atoms with van der Waals surface area (Å²) in [6.45, 7) is 2.72. The van der Waals surface area contributed by atoms with Crippen LogP contribution in [-0.2, 0) is 19.1 Å². The molecule has 1 atom stereocenters. The minimum absolute atomic E-state index is 0.169. The summed E-state index contributed by atoms with van der Waals surface area (Å²) in [4.78, 5) is 37.9. The maximum Gasteiger partial charge on any atom is 0.339 e. The number of amides is 2. The fraction of sp³-hybridized carbons (Fsp3) is 0.421. The van der Waals surface area contributed by atoms with Crippen LogP contribution in [0.5, 0.6) is 0 Å². The van der Waals surface area contributed by atoms with Crippen molar-refractivity contribution in [2.45, 2.75) is 13.0 Å². The smallest absolute Gasteiger partial charge is 0.339 e. The van der Waals surface area contributed by atoms with E-state index in [1.807, 2.05) is 4.90 Å². The van der Waals surface area contributed by atoms with Crippen molar-refractivity contribution in [2.75, 3.05) is 44.2 Å². The van der Waals surface area contributed by atoms with Gasteiger partial charge in [-0.2, -0.15) is 0 Å². The Morgan fingerprint density at radius 3 is 2.61 bits per heavy atom. The fourth-order valence-electron chi connectivity index (χ4n) is 3.28. The second kappa shape index (κ2) is 8.39. The largest absolute Gasteiger partial charge is 0.453 e. The number of ether oxygens (including phenoxy) is 1. The highest BCUT2D eigenvalue weighted by Gasteiger charge is 2.28. The first-order valence-corrected chi connectivity index (χ1v) is 8.99. The Bertz CT molecular complexity index is 818. The lowest BCUT2D eigenvalue weighted by molar-refractivity contribution is -0.138. The summed E-state index contributed by atoms with van der Waals surface area (Å²) >= 11 is 0. The monoisotopic (exact) mass is 391 g/mol. The number of aliphatic hydroxyl groups excluding tert-OH is 1. The highest BCUT2D eigenvalue weighted by atomic mass is 19.1. The van der Waals surface area contributed by atoms with Crippen molar-refractivity contribution < 1.29 is 28.6 Å². The number of esters is 1. The van der Waals surface area contributed by atoms with Gasteiger partial charge in [0.05, 0.1) is 17.8 Å². The first-order chi connectivity index (χ1) is 13.4. The summed E-state index contributed by atoms with van der Waals surface area (Å²) in [5.41, 5.74) is 1.06. The van der Waals surface area contributed by atoms with E-state index in [0.717, 1.165) is 0 Å². The molecule has 2 N–H and O–H groups in total. The highest BCUT2D eigenvalue weighted by molar-refractivity contribution is 6.18. The number of rotatable bonds is 5. The molecule has 28 heavy (non-hydrogen) atoms. The van der Waals surface area contributed by atoms with E-state index >= 15 is 0 Å². The topological polar surface area (TPSA) is 99.2 Å². The number of cyclic esters (lactones) is 1. The van der Waals surface area contributed by atoms with Gasteiger partial charge in [-0.05, 0) is 23.8 Å². The number of hydrogen-bond donors (Lipinski definition) is 2. The van der Waals surface area contributed by atoms with Crippen LogP contribution in [0, 0.1) is 5.82 Å². The van der Waals surface area contributed by atoms with E-state index in [2.05, 4.69) is 5.32 Å². The number of piperazine rings is 1. The van der Waals surface area contributed by atoms with E-state index < -0.39 is 24.5 Å². The molecular weight excluding hydrogens is 369 g/mol. The Labute approximate surface area is 161 Å². The molecule has 0 radical (unpaired) electrons. The van der Waals surface area contributed by atoms with Gasteiger partial charge < -0.3 is 25.0 Å². The SMILES string of the molecule is CC(=O)NCC1C=C(c2ccc(N3CCN(C(=O)CO)CC3)c(F)c2)C(=O)O1. The zero-order valence-corrected chi connectivity index (χ0v) is 15.5.